The van der Waals surface area contributed by atoms with Crippen LogP contribution in [-0.4, -0.2) is 35.2 Å². The van der Waals surface area contributed by atoms with E-state index in [0.717, 1.165) is 37.5 Å². The summed E-state index contributed by atoms with van der Waals surface area (Å²) in [7, 11) is -5.59. The average molecular weight is 571 g/mol. The van der Waals surface area contributed by atoms with Crippen LogP contribution in [0.1, 0.15) is 41.5 Å². The number of sulfone groups is 1. The topological polar surface area (TPSA) is 100 Å². The van der Waals surface area contributed by atoms with Crippen molar-refractivity contribution in [3.8, 4) is 0 Å². The van der Waals surface area contributed by atoms with E-state index in [1.54, 1.807) is 48.5 Å². The number of aromatic amines is 1. The van der Waals surface area contributed by atoms with E-state index in [0.29, 0.717) is 38.9 Å². The third-order valence-corrected chi connectivity index (χ3v) is 8.45. The van der Waals surface area contributed by atoms with Gasteiger partial charge in [-0.1, -0.05) is 48.9 Å². The van der Waals surface area contributed by atoms with Gasteiger partial charge in [-0.15, -0.1) is 5.10 Å². The molecule has 5 rings (SSSR count). The van der Waals surface area contributed by atoms with Crippen LogP contribution in [0.15, 0.2) is 77.7 Å². The van der Waals surface area contributed by atoms with Crippen molar-refractivity contribution in [3.63, 3.8) is 0 Å². The number of aromatic nitrogens is 2. The van der Waals surface area contributed by atoms with Gasteiger partial charge in [-0.05, 0) is 82.5 Å². The fraction of sp³-hybridized carbons (Fsp3) is 0.172. The molecule has 11 heteroatoms. The number of benzene rings is 3. The molecule has 1 aliphatic rings. The average Bonchev–Trinajstić information content (AvgIpc) is 3.26. The monoisotopic (exact) mass is 570 g/mol. The molecule has 1 fully saturated rings. The van der Waals surface area contributed by atoms with Crippen molar-refractivity contribution in [3.05, 3.63) is 101 Å². The summed E-state index contributed by atoms with van der Waals surface area (Å²) in [5.41, 5.74) is -1.65. The van der Waals surface area contributed by atoms with Crippen molar-refractivity contribution in [1.29, 1.82) is 0 Å². The van der Waals surface area contributed by atoms with E-state index >= 15 is 0 Å². The van der Waals surface area contributed by atoms with E-state index < -0.39 is 32.2 Å². The summed E-state index contributed by atoms with van der Waals surface area (Å²) in [6.07, 6.45) is 4.76. The zero-order valence-electron chi connectivity index (χ0n) is 20.7. The molecular weight excluding hydrogens is 548 g/mol. The summed E-state index contributed by atoms with van der Waals surface area (Å²) in [6, 6.07) is 16.6. The number of rotatable bonds is 7. The molecule has 4 aromatic rings. The van der Waals surface area contributed by atoms with Crippen LogP contribution in [0.5, 0.6) is 0 Å². The normalized spacial score (nSPS) is 15.3. The van der Waals surface area contributed by atoms with Gasteiger partial charge in [0.1, 0.15) is 0 Å². The molecule has 0 atom stereocenters. The number of nitrogens with zero attached hydrogens (tertiary/aromatic N) is 1. The van der Waals surface area contributed by atoms with E-state index in [9.17, 15) is 30.8 Å². The van der Waals surface area contributed by atoms with Gasteiger partial charge in [-0.2, -0.15) is 17.6 Å². The van der Waals surface area contributed by atoms with Gasteiger partial charge in [-0.25, -0.2) is 13.2 Å². The number of nitrogens with one attached hydrogen (secondary N) is 1. The Labute approximate surface area is 226 Å². The van der Waals surface area contributed by atoms with Crippen molar-refractivity contribution in [2.45, 2.75) is 29.7 Å². The van der Waals surface area contributed by atoms with Crippen LogP contribution in [0.3, 0.4) is 0 Å². The van der Waals surface area contributed by atoms with Crippen LogP contribution in [0.25, 0.3) is 28.1 Å². The van der Waals surface area contributed by atoms with Gasteiger partial charge in [0.25, 0.3) is 9.84 Å². The standard InChI is InChI=1S/C29H22F4N2O4S/c30-28-23-16-21(12-13-24(23)34-35-28)27(19-10-7-17(8-11-19)9-14-25(36)37)26(18-3-1-4-18)20-5-2-6-22(15-20)40(38,39)29(31,32)33/h2,5-16,18H,1,3-4H2,(H,34,35)(H,36,37). The molecular formula is C29H22F4N2O4S. The van der Waals surface area contributed by atoms with E-state index in [4.69, 9.17) is 5.11 Å². The van der Waals surface area contributed by atoms with Crippen LogP contribution >= 0.6 is 0 Å². The van der Waals surface area contributed by atoms with E-state index in [-0.39, 0.29) is 11.3 Å². The first-order chi connectivity index (χ1) is 19.0. The molecule has 6 nitrogen and oxygen atoms in total. The molecule has 0 spiro atoms. The van der Waals surface area contributed by atoms with Gasteiger partial charge in [-0.3, -0.25) is 5.10 Å². The molecule has 0 radical (unpaired) electrons. The molecule has 3 aromatic carbocycles. The molecule has 0 aliphatic heterocycles. The molecule has 40 heavy (non-hydrogen) atoms. The largest absolute Gasteiger partial charge is 0.501 e. The molecule has 0 saturated heterocycles. The summed E-state index contributed by atoms with van der Waals surface area (Å²) in [5.74, 6) is -1.91. The Kier molecular flexibility index (Phi) is 7.09. The summed E-state index contributed by atoms with van der Waals surface area (Å²) in [6.45, 7) is 0. The summed E-state index contributed by atoms with van der Waals surface area (Å²) in [5, 5.41) is 15.4. The van der Waals surface area contributed by atoms with E-state index in [1.165, 1.54) is 12.1 Å². The van der Waals surface area contributed by atoms with Crippen LogP contribution in [-0.2, 0) is 14.6 Å². The Hall–Kier alpha value is -4.25. The van der Waals surface area contributed by atoms with Crippen molar-refractivity contribution in [2.75, 3.05) is 0 Å². The van der Waals surface area contributed by atoms with Crippen molar-refractivity contribution in [2.24, 2.45) is 5.92 Å². The lowest BCUT2D eigenvalue weighted by atomic mass is 9.73. The van der Waals surface area contributed by atoms with Gasteiger partial charge in [0.15, 0.2) is 0 Å². The Morgan fingerprint density at radius 2 is 1.68 bits per heavy atom. The highest BCUT2D eigenvalue weighted by molar-refractivity contribution is 7.92. The lowest BCUT2D eigenvalue weighted by Gasteiger charge is -2.32. The predicted molar refractivity (Wildman–Crippen MR) is 142 cm³/mol. The zero-order valence-corrected chi connectivity index (χ0v) is 21.6. The number of H-pyrrole nitrogens is 1. The fourth-order valence-corrected chi connectivity index (χ4v) is 5.60. The lowest BCUT2D eigenvalue weighted by molar-refractivity contribution is -0.131. The molecule has 1 aliphatic carbocycles. The number of carboxylic acids is 1. The fourth-order valence-electron chi connectivity index (χ4n) is 4.79. The number of hydrogen-bond acceptors (Lipinski definition) is 4. The van der Waals surface area contributed by atoms with Gasteiger partial charge < -0.3 is 5.11 Å². The quantitative estimate of drug-likeness (QED) is 0.144. The van der Waals surface area contributed by atoms with Gasteiger partial charge in [0.05, 0.1) is 15.8 Å². The number of carbonyl (C=O) groups is 1. The second kappa shape index (κ2) is 10.4. The Morgan fingerprint density at radius 1 is 0.975 bits per heavy atom. The lowest BCUT2D eigenvalue weighted by Crippen LogP contribution is -2.23. The zero-order chi connectivity index (χ0) is 28.7. The molecule has 206 valence electrons. The summed E-state index contributed by atoms with van der Waals surface area (Å²) < 4.78 is 79.2. The minimum absolute atomic E-state index is 0.0877. The maximum Gasteiger partial charge on any atom is 0.501 e. The molecule has 0 bridgehead atoms. The first-order valence-corrected chi connectivity index (χ1v) is 13.8. The number of halogens is 4. The highest BCUT2D eigenvalue weighted by Gasteiger charge is 2.47. The number of hydrogen-bond donors (Lipinski definition) is 2. The van der Waals surface area contributed by atoms with Crippen molar-refractivity contribution >= 4 is 43.9 Å². The number of aliphatic carboxylic acids is 1. The molecule has 1 heterocycles. The maximum absolute atomic E-state index is 14.5. The van der Waals surface area contributed by atoms with Gasteiger partial charge >= 0.3 is 11.5 Å². The van der Waals surface area contributed by atoms with E-state index in [2.05, 4.69) is 10.2 Å². The predicted octanol–water partition coefficient (Wildman–Crippen LogP) is 6.85. The second-order valence-corrected chi connectivity index (χ2v) is 11.4. The molecule has 0 amide bonds. The van der Waals surface area contributed by atoms with Crippen LogP contribution in [0, 0.1) is 11.9 Å². The molecule has 1 aromatic heterocycles. The molecule has 1 saturated carbocycles. The third-order valence-electron chi connectivity index (χ3n) is 6.97. The Balaban J connectivity index is 1.78. The summed E-state index contributed by atoms with van der Waals surface area (Å²) >= 11 is 0. The third kappa shape index (κ3) is 5.16. The highest BCUT2D eigenvalue weighted by Crippen LogP contribution is 2.46. The highest BCUT2D eigenvalue weighted by atomic mass is 32.2. The minimum atomic E-state index is -5.59. The number of fused-ring (bicyclic) bond motifs is 1. The van der Waals surface area contributed by atoms with Crippen LogP contribution in [0.4, 0.5) is 17.6 Å². The Morgan fingerprint density at radius 3 is 2.30 bits per heavy atom. The minimum Gasteiger partial charge on any atom is -0.478 e. The first-order valence-electron chi connectivity index (χ1n) is 12.3. The van der Waals surface area contributed by atoms with Crippen molar-refractivity contribution < 1.29 is 35.9 Å². The van der Waals surface area contributed by atoms with E-state index in [1.807, 2.05) is 0 Å². The molecule has 2 N–H and O–H groups in total. The first kappa shape index (κ1) is 27.3. The van der Waals surface area contributed by atoms with Gasteiger partial charge in [0.2, 0.25) is 5.95 Å². The second-order valence-electron chi connectivity index (χ2n) is 9.46. The molecule has 0 unspecified atom stereocenters. The number of carboxylic acid groups (broad SMARTS) is 1. The van der Waals surface area contributed by atoms with Gasteiger partial charge in [0, 0.05) is 6.08 Å². The Bertz CT molecular complexity index is 1770. The smallest absolute Gasteiger partial charge is 0.478 e. The van der Waals surface area contributed by atoms with Crippen LogP contribution in [0.2, 0.25) is 0 Å². The van der Waals surface area contributed by atoms with Crippen LogP contribution < -0.4 is 0 Å². The maximum atomic E-state index is 14.5. The summed E-state index contributed by atoms with van der Waals surface area (Å²) in [4.78, 5) is 10.1. The SMILES string of the molecule is O=C(O)C=Cc1ccc(C(=C(c2cccc(S(=O)(=O)C(F)(F)F)c2)C2CCC2)c2ccc3[nH]nc(F)c3c2)cc1. The number of allylic oxidation sites excluding steroid dienone is 1. The van der Waals surface area contributed by atoms with Crippen molar-refractivity contribution in [1.82, 2.24) is 10.2 Å². The number of alkyl halides is 3.